The lowest BCUT2D eigenvalue weighted by Gasteiger charge is -2.20. The van der Waals surface area contributed by atoms with Gasteiger partial charge in [-0.1, -0.05) is 205 Å². The Morgan fingerprint density at radius 2 is 0.759 bits per heavy atom. The van der Waals surface area contributed by atoms with Crippen molar-refractivity contribution in [1.82, 2.24) is 5.32 Å². The molecular formula is C54H85NO3. The number of aliphatic hydroxyl groups is 2. The van der Waals surface area contributed by atoms with Crippen LogP contribution in [0.3, 0.4) is 0 Å². The van der Waals surface area contributed by atoms with Crippen molar-refractivity contribution in [2.75, 3.05) is 6.61 Å². The predicted octanol–water partition coefficient (Wildman–Crippen LogP) is 14.9. The van der Waals surface area contributed by atoms with E-state index in [9.17, 15) is 15.0 Å². The van der Waals surface area contributed by atoms with Crippen molar-refractivity contribution in [3.8, 4) is 0 Å². The first kappa shape index (κ1) is 54.3. The molecule has 0 aliphatic carbocycles. The molecule has 324 valence electrons. The number of carbonyl (C=O) groups excluding carboxylic acids is 1. The van der Waals surface area contributed by atoms with Gasteiger partial charge in [0.15, 0.2) is 0 Å². The van der Waals surface area contributed by atoms with Crippen LogP contribution in [0.2, 0.25) is 0 Å². The quantitative estimate of drug-likeness (QED) is 0.0429. The SMILES string of the molecule is CC/C=C\C/C=C\C/C=C\C/C=C\C/C=C\C/C=C\C/C=C\C/C=C\C/C=C\C/C=C\C/C=C\CCCCCCCCCC(=O)NC(CO)C(O)/C=C/CCCCC. The van der Waals surface area contributed by atoms with Crippen LogP contribution < -0.4 is 5.32 Å². The molecule has 0 aliphatic heterocycles. The highest BCUT2D eigenvalue weighted by molar-refractivity contribution is 5.76. The Kier molecular flexibility index (Phi) is 44.6. The summed E-state index contributed by atoms with van der Waals surface area (Å²) in [4.78, 5) is 12.2. The summed E-state index contributed by atoms with van der Waals surface area (Å²) in [6.45, 7) is 4.06. The first-order chi connectivity index (χ1) is 28.7. The molecule has 0 aromatic carbocycles. The molecule has 0 saturated carbocycles. The van der Waals surface area contributed by atoms with Crippen molar-refractivity contribution in [2.45, 2.75) is 180 Å². The van der Waals surface area contributed by atoms with Gasteiger partial charge >= 0.3 is 0 Å². The Balaban J connectivity index is 3.65. The van der Waals surface area contributed by atoms with Gasteiger partial charge in [-0.2, -0.15) is 0 Å². The fraction of sp³-hybridized carbons (Fsp3) is 0.537. The lowest BCUT2D eigenvalue weighted by Crippen LogP contribution is -2.45. The summed E-state index contributed by atoms with van der Waals surface area (Å²) in [6, 6.07) is -0.634. The van der Waals surface area contributed by atoms with Crippen molar-refractivity contribution in [3.05, 3.63) is 146 Å². The van der Waals surface area contributed by atoms with Crippen LogP contribution >= 0.6 is 0 Å². The van der Waals surface area contributed by atoms with Gasteiger partial charge in [0, 0.05) is 6.42 Å². The average Bonchev–Trinajstić information content (AvgIpc) is 3.23. The van der Waals surface area contributed by atoms with Crippen LogP contribution in [0.15, 0.2) is 146 Å². The Bertz CT molecular complexity index is 1270. The Labute approximate surface area is 357 Å². The van der Waals surface area contributed by atoms with Crippen LogP contribution in [0.4, 0.5) is 0 Å². The molecular weight excluding hydrogens is 711 g/mol. The summed E-state index contributed by atoms with van der Waals surface area (Å²) in [7, 11) is 0. The molecule has 0 rings (SSSR count). The second-order valence-electron chi connectivity index (χ2n) is 14.7. The number of hydrogen-bond acceptors (Lipinski definition) is 3. The summed E-state index contributed by atoms with van der Waals surface area (Å²) in [6.07, 6.45) is 77.1. The molecule has 0 aromatic rings. The van der Waals surface area contributed by atoms with Gasteiger partial charge in [-0.3, -0.25) is 4.79 Å². The monoisotopic (exact) mass is 796 g/mol. The van der Waals surface area contributed by atoms with E-state index in [1.807, 2.05) is 6.08 Å². The molecule has 0 radical (unpaired) electrons. The van der Waals surface area contributed by atoms with Crippen LogP contribution in [0.5, 0.6) is 0 Å². The van der Waals surface area contributed by atoms with Gasteiger partial charge in [0.2, 0.25) is 5.91 Å². The van der Waals surface area contributed by atoms with E-state index in [2.05, 4.69) is 153 Å². The normalized spacial score (nSPS) is 14.3. The number of aliphatic hydroxyl groups excluding tert-OH is 2. The fourth-order valence-electron chi connectivity index (χ4n) is 5.83. The van der Waals surface area contributed by atoms with Crippen LogP contribution in [0.25, 0.3) is 0 Å². The molecule has 3 N–H and O–H groups in total. The molecule has 58 heavy (non-hydrogen) atoms. The van der Waals surface area contributed by atoms with Crippen LogP contribution in [-0.2, 0) is 4.79 Å². The minimum Gasteiger partial charge on any atom is -0.394 e. The zero-order valence-corrected chi connectivity index (χ0v) is 37.0. The van der Waals surface area contributed by atoms with Crippen molar-refractivity contribution in [2.24, 2.45) is 0 Å². The van der Waals surface area contributed by atoms with E-state index in [1.165, 1.54) is 32.1 Å². The molecule has 0 spiro atoms. The molecule has 0 saturated heterocycles. The van der Waals surface area contributed by atoms with Gasteiger partial charge in [-0.15, -0.1) is 0 Å². The number of amides is 1. The number of unbranched alkanes of at least 4 members (excludes halogenated alkanes) is 10. The Morgan fingerprint density at radius 1 is 0.431 bits per heavy atom. The number of rotatable bonds is 39. The van der Waals surface area contributed by atoms with Crippen molar-refractivity contribution in [3.63, 3.8) is 0 Å². The van der Waals surface area contributed by atoms with Crippen LogP contribution in [0.1, 0.15) is 168 Å². The fourth-order valence-corrected chi connectivity index (χ4v) is 5.83. The summed E-state index contributed by atoms with van der Waals surface area (Å²) in [5, 5.41) is 22.6. The van der Waals surface area contributed by atoms with E-state index in [4.69, 9.17) is 0 Å². The molecule has 0 fully saturated rings. The topological polar surface area (TPSA) is 69.6 Å². The first-order valence-corrected chi connectivity index (χ1v) is 23.0. The third kappa shape index (κ3) is 43.4. The maximum absolute atomic E-state index is 12.2. The maximum Gasteiger partial charge on any atom is 0.220 e. The van der Waals surface area contributed by atoms with Gasteiger partial charge < -0.3 is 15.5 Å². The average molecular weight is 796 g/mol. The molecule has 4 heteroatoms. The number of carbonyl (C=O) groups is 1. The van der Waals surface area contributed by atoms with E-state index in [0.717, 1.165) is 116 Å². The van der Waals surface area contributed by atoms with Gasteiger partial charge in [0.1, 0.15) is 0 Å². The highest BCUT2D eigenvalue weighted by Gasteiger charge is 2.17. The van der Waals surface area contributed by atoms with E-state index in [1.54, 1.807) is 6.08 Å². The number of allylic oxidation sites excluding steroid dienone is 23. The third-order valence-corrected chi connectivity index (χ3v) is 9.33. The van der Waals surface area contributed by atoms with Crippen LogP contribution in [0, 0.1) is 0 Å². The highest BCUT2D eigenvalue weighted by Crippen LogP contribution is 2.11. The van der Waals surface area contributed by atoms with Crippen molar-refractivity contribution >= 4 is 5.91 Å². The lowest BCUT2D eigenvalue weighted by atomic mass is 10.1. The second kappa shape index (κ2) is 47.6. The van der Waals surface area contributed by atoms with E-state index in [-0.39, 0.29) is 12.5 Å². The number of nitrogens with one attached hydrogen (secondary N) is 1. The van der Waals surface area contributed by atoms with Gasteiger partial charge in [0.05, 0.1) is 18.8 Å². The summed E-state index contributed by atoms with van der Waals surface area (Å²) in [5.74, 6) is -0.0909. The van der Waals surface area contributed by atoms with E-state index < -0.39 is 12.1 Å². The minimum atomic E-state index is -0.849. The summed E-state index contributed by atoms with van der Waals surface area (Å²) in [5.41, 5.74) is 0. The zero-order chi connectivity index (χ0) is 42.1. The maximum atomic E-state index is 12.2. The van der Waals surface area contributed by atoms with E-state index in [0.29, 0.717) is 6.42 Å². The smallest absolute Gasteiger partial charge is 0.220 e. The summed E-state index contributed by atoms with van der Waals surface area (Å²) >= 11 is 0. The predicted molar refractivity (Wildman–Crippen MR) is 257 cm³/mol. The molecule has 0 heterocycles. The molecule has 4 nitrogen and oxygen atoms in total. The Morgan fingerprint density at radius 3 is 1.14 bits per heavy atom. The Hall–Kier alpha value is -3.73. The van der Waals surface area contributed by atoms with Gasteiger partial charge in [0.25, 0.3) is 0 Å². The summed E-state index contributed by atoms with van der Waals surface area (Å²) < 4.78 is 0. The lowest BCUT2D eigenvalue weighted by molar-refractivity contribution is -0.123. The third-order valence-electron chi connectivity index (χ3n) is 9.33. The standard InChI is InChI=1S/C54H85NO3/c1-3-5-7-9-10-11-12-13-14-15-16-17-18-19-20-21-22-23-24-25-26-27-28-29-30-31-32-33-34-35-36-37-38-39-40-41-42-43-44-46-48-50-54(58)55-52(51-56)53(57)49-47-45-8-6-4-2/h5,7,10-11,13-14,16-17,19-20,22-23,25-26,28-29,31-32,34-35,37-38,47,49,52-53,56-57H,3-4,6,8-9,12,15,18,21,24,27,30,33,36,39-46,48,50-51H2,1-2H3,(H,55,58)/b7-5-,11-10-,14-13-,17-16-,20-19-,23-22-,26-25-,29-28-,32-31-,35-34-,38-37-,49-47+. The van der Waals surface area contributed by atoms with E-state index >= 15 is 0 Å². The molecule has 2 atom stereocenters. The zero-order valence-electron chi connectivity index (χ0n) is 37.0. The first-order valence-electron chi connectivity index (χ1n) is 23.0. The number of hydrogen-bond donors (Lipinski definition) is 3. The van der Waals surface area contributed by atoms with Gasteiger partial charge in [-0.05, 0) is 103 Å². The second-order valence-corrected chi connectivity index (χ2v) is 14.7. The van der Waals surface area contributed by atoms with Crippen molar-refractivity contribution < 1.29 is 15.0 Å². The molecule has 0 bridgehead atoms. The highest BCUT2D eigenvalue weighted by atomic mass is 16.3. The van der Waals surface area contributed by atoms with Gasteiger partial charge in [-0.25, -0.2) is 0 Å². The molecule has 2 unspecified atom stereocenters. The largest absolute Gasteiger partial charge is 0.394 e. The minimum absolute atomic E-state index is 0.0909. The van der Waals surface area contributed by atoms with Crippen LogP contribution in [-0.4, -0.2) is 34.9 Å². The van der Waals surface area contributed by atoms with Crippen molar-refractivity contribution in [1.29, 1.82) is 0 Å². The molecule has 1 amide bonds. The molecule has 0 aromatic heterocycles. The molecule has 0 aliphatic rings.